The molecule has 1 heterocycles. The van der Waals surface area contributed by atoms with E-state index in [1.807, 2.05) is 0 Å². The average Bonchev–Trinajstić information content (AvgIpc) is 3.15. The van der Waals surface area contributed by atoms with Crippen LogP contribution in [0.4, 0.5) is 0 Å². The SMILES string of the molecule is COc1cc(Cn2c(C34CC5CC(CC(C5)C3)C4)nc3cc(C)ccc32)cc(OC)c1OC. The summed E-state index contributed by atoms with van der Waals surface area (Å²) in [6.07, 6.45) is 8.21. The molecule has 0 spiro atoms. The fourth-order valence-electron chi connectivity index (χ4n) is 7.60. The largest absolute Gasteiger partial charge is 0.493 e. The summed E-state index contributed by atoms with van der Waals surface area (Å²) in [4.78, 5) is 5.35. The Hall–Kier alpha value is -2.69. The second-order valence-electron chi connectivity index (χ2n) is 10.7. The molecule has 3 aromatic rings. The number of aromatic nitrogens is 2. The summed E-state index contributed by atoms with van der Waals surface area (Å²) in [5, 5.41) is 0. The van der Waals surface area contributed by atoms with Crippen LogP contribution in [0.15, 0.2) is 30.3 Å². The topological polar surface area (TPSA) is 45.5 Å². The lowest BCUT2D eigenvalue weighted by atomic mass is 9.49. The van der Waals surface area contributed by atoms with Crippen LogP contribution in [0.3, 0.4) is 0 Å². The Bertz CT molecular complexity index is 1150. The molecule has 1 aromatic heterocycles. The van der Waals surface area contributed by atoms with Crippen molar-refractivity contribution in [1.82, 2.24) is 9.55 Å². The number of fused-ring (bicyclic) bond motifs is 1. The van der Waals surface area contributed by atoms with E-state index in [4.69, 9.17) is 19.2 Å². The molecule has 4 bridgehead atoms. The zero-order valence-electron chi connectivity index (χ0n) is 20.2. The van der Waals surface area contributed by atoms with Crippen molar-refractivity contribution in [3.63, 3.8) is 0 Å². The minimum absolute atomic E-state index is 0.225. The zero-order chi connectivity index (χ0) is 22.7. The van der Waals surface area contributed by atoms with Gasteiger partial charge in [0.25, 0.3) is 0 Å². The third kappa shape index (κ3) is 3.31. The molecule has 33 heavy (non-hydrogen) atoms. The molecule has 174 valence electrons. The molecular formula is C28H34N2O3. The van der Waals surface area contributed by atoms with E-state index in [0.29, 0.717) is 17.2 Å². The smallest absolute Gasteiger partial charge is 0.203 e. The highest BCUT2D eigenvalue weighted by atomic mass is 16.5. The lowest BCUT2D eigenvalue weighted by Gasteiger charge is -2.56. The Balaban J connectivity index is 1.49. The molecule has 0 saturated heterocycles. The quantitative estimate of drug-likeness (QED) is 0.474. The van der Waals surface area contributed by atoms with Crippen molar-refractivity contribution in [2.75, 3.05) is 21.3 Å². The summed E-state index contributed by atoms with van der Waals surface area (Å²) < 4.78 is 19.3. The number of benzene rings is 2. The molecule has 4 aliphatic carbocycles. The van der Waals surface area contributed by atoms with E-state index in [2.05, 4.69) is 41.8 Å². The fourth-order valence-corrected chi connectivity index (χ4v) is 7.60. The lowest BCUT2D eigenvalue weighted by molar-refractivity contribution is -0.0106. The fraction of sp³-hybridized carbons (Fsp3) is 0.536. The van der Waals surface area contributed by atoms with Crippen LogP contribution in [-0.4, -0.2) is 30.9 Å². The van der Waals surface area contributed by atoms with Crippen LogP contribution in [0.1, 0.15) is 55.5 Å². The summed E-state index contributed by atoms with van der Waals surface area (Å²) >= 11 is 0. The van der Waals surface area contributed by atoms with Crippen LogP contribution in [0.2, 0.25) is 0 Å². The van der Waals surface area contributed by atoms with Gasteiger partial charge in [-0.3, -0.25) is 0 Å². The van der Waals surface area contributed by atoms with Crippen molar-refractivity contribution in [2.45, 2.75) is 57.4 Å². The molecule has 5 heteroatoms. The van der Waals surface area contributed by atoms with Gasteiger partial charge in [-0.25, -0.2) is 4.98 Å². The molecule has 4 fully saturated rings. The molecule has 4 aliphatic rings. The van der Waals surface area contributed by atoms with Gasteiger partial charge in [-0.15, -0.1) is 0 Å². The van der Waals surface area contributed by atoms with Crippen LogP contribution >= 0.6 is 0 Å². The molecule has 0 N–H and O–H groups in total. The predicted octanol–water partition coefficient (Wildman–Crippen LogP) is 5.89. The van der Waals surface area contributed by atoms with Gasteiger partial charge in [0, 0.05) is 12.0 Å². The monoisotopic (exact) mass is 446 g/mol. The predicted molar refractivity (Wildman–Crippen MR) is 130 cm³/mol. The van der Waals surface area contributed by atoms with Crippen LogP contribution < -0.4 is 14.2 Å². The van der Waals surface area contributed by atoms with Crippen molar-refractivity contribution in [2.24, 2.45) is 17.8 Å². The summed E-state index contributed by atoms with van der Waals surface area (Å²) in [6.45, 7) is 2.90. The third-order valence-corrected chi connectivity index (χ3v) is 8.48. The van der Waals surface area contributed by atoms with Crippen LogP contribution in [0.5, 0.6) is 17.2 Å². The van der Waals surface area contributed by atoms with Crippen molar-refractivity contribution in [1.29, 1.82) is 0 Å². The van der Waals surface area contributed by atoms with Gasteiger partial charge in [0.05, 0.1) is 32.4 Å². The number of hydrogen-bond acceptors (Lipinski definition) is 4. The van der Waals surface area contributed by atoms with Gasteiger partial charge < -0.3 is 18.8 Å². The van der Waals surface area contributed by atoms with Crippen molar-refractivity contribution in [3.8, 4) is 17.2 Å². The molecule has 2 aromatic carbocycles. The average molecular weight is 447 g/mol. The number of hydrogen-bond donors (Lipinski definition) is 0. The normalized spacial score (nSPS) is 27.8. The Morgan fingerprint density at radius 2 is 1.48 bits per heavy atom. The molecule has 0 unspecified atom stereocenters. The first kappa shape index (κ1) is 20.9. The van der Waals surface area contributed by atoms with E-state index in [0.717, 1.165) is 35.4 Å². The van der Waals surface area contributed by atoms with E-state index in [-0.39, 0.29) is 5.41 Å². The maximum atomic E-state index is 5.64. The highest BCUT2D eigenvalue weighted by Crippen LogP contribution is 2.60. The van der Waals surface area contributed by atoms with Crippen LogP contribution in [0, 0.1) is 24.7 Å². The first-order valence-electron chi connectivity index (χ1n) is 12.3. The Morgan fingerprint density at radius 3 is 2.03 bits per heavy atom. The molecule has 5 nitrogen and oxygen atoms in total. The lowest BCUT2D eigenvalue weighted by Crippen LogP contribution is -2.49. The standard InChI is InChI=1S/C28H34N2O3/c1-17-5-6-23-22(7-17)29-27(28-13-18-8-19(14-28)10-20(9-18)15-28)30(23)16-21-11-24(31-2)26(33-4)25(12-21)32-3/h5-7,11-12,18-20H,8-10,13-16H2,1-4H3. The molecule has 0 atom stereocenters. The number of aryl methyl sites for hydroxylation is 1. The van der Waals surface area contributed by atoms with Crippen molar-refractivity contribution >= 4 is 11.0 Å². The summed E-state index contributed by atoms with van der Waals surface area (Å²) in [5.74, 6) is 5.98. The summed E-state index contributed by atoms with van der Waals surface area (Å²) in [6, 6.07) is 10.8. The third-order valence-electron chi connectivity index (χ3n) is 8.48. The van der Waals surface area contributed by atoms with E-state index < -0.39 is 0 Å². The number of rotatable bonds is 6. The second kappa shape index (κ2) is 7.68. The molecule has 0 amide bonds. The number of nitrogens with zero attached hydrogens (tertiary/aromatic N) is 2. The highest BCUT2D eigenvalue weighted by Gasteiger charge is 2.53. The van der Waals surface area contributed by atoms with Crippen molar-refractivity contribution < 1.29 is 14.2 Å². The van der Waals surface area contributed by atoms with Gasteiger partial charge in [0.2, 0.25) is 5.75 Å². The Kier molecular flexibility index (Phi) is 4.86. The zero-order valence-corrected chi connectivity index (χ0v) is 20.2. The van der Waals surface area contributed by atoms with Crippen LogP contribution in [-0.2, 0) is 12.0 Å². The minimum Gasteiger partial charge on any atom is -0.493 e. The van der Waals surface area contributed by atoms with Gasteiger partial charge >= 0.3 is 0 Å². The molecule has 0 radical (unpaired) electrons. The van der Waals surface area contributed by atoms with E-state index in [9.17, 15) is 0 Å². The minimum atomic E-state index is 0.225. The van der Waals surface area contributed by atoms with E-state index >= 15 is 0 Å². The van der Waals surface area contributed by atoms with Gasteiger partial charge in [-0.05, 0) is 98.6 Å². The van der Waals surface area contributed by atoms with E-state index in [1.165, 1.54) is 55.4 Å². The number of methoxy groups -OCH3 is 3. The first-order chi connectivity index (χ1) is 16.0. The summed E-state index contributed by atoms with van der Waals surface area (Å²) in [7, 11) is 5.01. The number of ether oxygens (including phenoxy) is 3. The highest BCUT2D eigenvalue weighted by molar-refractivity contribution is 5.77. The van der Waals surface area contributed by atoms with Gasteiger partial charge in [0.15, 0.2) is 11.5 Å². The maximum absolute atomic E-state index is 5.64. The van der Waals surface area contributed by atoms with Crippen LogP contribution in [0.25, 0.3) is 11.0 Å². The van der Waals surface area contributed by atoms with Gasteiger partial charge in [0.1, 0.15) is 5.82 Å². The van der Waals surface area contributed by atoms with Crippen molar-refractivity contribution in [3.05, 3.63) is 47.3 Å². The number of imidazole rings is 1. The summed E-state index contributed by atoms with van der Waals surface area (Å²) in [5.41, 5.74) is 4.96. The molecule has 4 saturated carbocycles. The Morgan fingerprint density at radius 1 is 0.879 bits per heavy atom. The van der Waals surface area contributed by atoms with E-state index in [1.54, 1.807) is 21.3 Å². The molecular weight excluding hydrogens is 412 g/mol. The van der Waals surface area contributed by atoms with Gasteiger partial charge in [-0.1, -0.05) is 6.07 Å². The molecule has 0 aliphatic heterocycles. The second-order valence-corrected chi connectivity index (χ2v) is 10.7. The first-order valence-corrected chi connectivity index (χ1v) is 12.3. The van der Waals surface area contributed by atoms with Gasteiger partial charge in [-0.2, -0.15) is 0 Å². The maximum Gasteiger partial charge on any atom is 0.203 e. The molecule has 7 rings (SSSR count). The Labute approximate surface area is 196 Å².